The van der Waals surface area contributed by atoms with E-state index in [9.17, 15) is 0 Å². The van der Waals surface area contributed by atoms with Gasteiger partial charge in [0.2, 0.25) is 0 Å². The SMILES string of the molecule is Cc1c(CNC2CCN(Cc3ccccc3)C2)cc(C#N)n1C. The molecule has 1 unspecified atom stereocenters. The number of nitrogens with one attached hydrogen (secondary N) is 1. The third-order valence-electron chi connectivity index (χ3n) is 4.86. The maximum atomic E-state index is 9.11. The van der Waals surface area contributed by atoms with Crippen LogP contribution in [0.5, 0.6) is 0 Å². The standard InChI is InChI=1S/C19H24N4/c1-15-17(10-19(11-20)22(15)2)12-21-18-8-9-23(14-18)13-16-6-4-3-5-7-16/h3-7,10,18,21H,8-9,12-14H2,1-2H3. The van der Waals surface area contributed by atoms with E-state index in [-0.39, 0.29) is 0 Å². The highest BCUT2D eigenvalue weighted by Gasteiger charge is 2.22. The molecule has 1 aromatic heterocycles. The fraction of sp³-hybridized carbons (Fsp3) is 0.421. The summed E-state index contributed by atoms with van der Waals surface area (Å²) < 4.78 is 1.97. The van der Waals surface area contributed by atoms with Gasteiger partial charge < -0.3 is 9.88 Å². The first-order chi connectivity index (χ1) is 11.2. The van der Waals surface area contributed by atoms with E-state index in [0.29, 0.717) is 6.04 Å². The van der Waals surface area contributed by atoms with Crippen LogP contribution in [0.2, 0.25) is 0 Å². The zero-order valence-corrected chi connectivity index (χ0v) is 13.9. The predicted octanol–water partition coefficient (Wildman–Crippen LogP) is 2.57. The first kappa shape index (κ1) is 15.8. The molecule has 1 aromatic carbocycles. The Morgan fingerprint density at radius 3 is 2.78 bits per heavy atom. The van der Waals surface area contributed by atoms with Gasteiger partial charge in [0.05, 0.1) is 0 Å². The third-order valence-corrected chi connectivity index (χ3v) is 4.86. The van der Waals surface area contributed by atoms with E-state index in [1.165, 1.54) is 23.2 Å². The summed E-state index contributed by atoms with van der Waals surface area (Å²) in [6.45, 7) is 6.18. The maximum Gasteiger partial charge on any atom is 0.120 e. The van der Waals surface area contributed by atoms with E-state index in [1.807, 2.05) is 17.7 Å². The van der Waals surface area contributed by atoms with Gasteiger partial charge in [0.1, 0.15) is 11.8 Å². The Labute approximate surface area is 138 Å². The molecular weight excluding hydrogens is 284 g/mol. The molecule has 0 saturated carbocycles. The van der Waals surface area contributed by atoms with Gasteiger partial charge in [-0.3, -0.25) is 4.90 Å². The van der Waals surface area contributed by atoms with Crippen molar-refractivity contribution in [3.05, 3.63) is 58.9 Å². The monoisotopic (exact) mass is 308 g/mol. The molecule has 1 saturated heterocycles. The van der Waals surface area contributed by atoms with Crippen molar-refractivity contribution in [2.45, 2.75) is 32.5 Å². The van der Waals surface area contributed by atoms with Crippen LogP contribution in [0.25, 0.3) is 0 Å². The molecule has 0 amide bonds. The third kappa shape index (κ3) is 3.64. The highest BCUT2D eigenvalue weighted by molar-refractivity contribution is 5.34. The normalized spacial score (nSPS) is 18.2. The van der Waals surface area contributed by atoms with Gasteiger partial charge in [-0.25, -0.2) is 0 Å². The van der Waals surface area contributed by atoms with Crippen molar-refractivity contribution in [2.75, 3.05) is 13.1 Å². The largest absolute Gasteiger partial charge is 0.340 e. The minimum atomic E-state index is 0.531. The van der Waals surface area contributed by atoms with Crippen LogP contribution in [0.3, 0.4) is 0 Å². The number of benzene rings is 1. The molecule has 0 aliphatic carbocycles. The minimum Gasteiger partial charge on any atom is -0.340 e. The lowest BCUT2D eigenvalue weighted by Gasteiger charge is -2.17. The Bertz CT molecular complexity index is 696. The molecule has 1 atom stereocenters. The molecule has 120 valence electrons. The van der Waals surface area contributed by atoms with Crippen molar-refractivity contribution in [3.8, 4) is 6.07 Å². The van der Waals surface area contributed by atoms with Crippen molar-refractivity contribution >= 4 is 0 Å². The molecule has 1 fully saturated rings. The Morgan fingerprint density at radius 1 is 1.30 bits per heavy atom. The van der Waals surface area contributed by atoms with Crippen molar-refractivity contribution < 1.29 is 0 Å². The average Bonchev–Trinajstić information content (AvgIpc) is 3.12. The number of aromatic nitrogens is 1. The molecule has 0 radical (unpaired) electrons. The van der Waals surface area contributed by atoms with Crippen LogP contribution >= 0.6 is 0 Å². The summed E-state index contributed by atoms with van der Waals surface area (Å²) in [6.07, 6.45) is 1.18. The van der Waals surface area contributed by atoms with Crippen molar-refractivity contribution in [3.63, 3.8) is 0 Å². The number of nitriles is 1. The fourth-order valence-corrected chi connectivity index (χ4v) is 3.29. The molecule has 3 rings (SSSR count). The second-order valence-corrected chi connectivity index (χ2v) is 6.40. The number of hydrogen-bond donors (Lipinski definition) is 1. The topological polar surface area (TPSA) is 44.0 Å². The first-order valence-corrected chi connectivity index (χ1v) is 8.22. The van der Waals surface area contributed by atoms with Crippen LogP contribution in [0.15, 0.2) is 36.4 Å². The number of rotatable bonds is 5. The Balaban J connectivity index is 1.52. The van der Waals surface area contributed by atoms with Crippen LogP contribution < -0.4 is 5.32 Å². The highest BCUT2D eigenvalue weighted by atomic mass is 15.2. The van der Waals surface area contributed by atoms with Gasteiger partial charge in [0.25, 0.3) is 0 Å². The number of hydrogen-bond acceptors (Lipinski definition) is 3. The van der Waals surface area contributed by atoms with E-state index in [0.717, 1.165) is 31.9 Å². The van der Waals surface area contributed by atoms with E-state index in [2.05, 4.69) is 53.5 Å². The van der Waals surface area contributed by atoms with Crippen LogP contribution in [-0.4, -0.2) is 28.6 Å². The highest BCUT2D eigenvalue weighted by Crippen LogP contribution is 2.16. The van der Waals surface area contributed by atoms with Crippen LogP contribution in [-0.2, 0) is 20.1 Å². The smallest absolute Gasteiger partial charge is 0.120 e. The Hall–Kier alpha value is -2.09. The summed E-state index contributed by atoms with van der Waals surface area (Å²) in [4.78, 5) is 2.51. The molecule has 4 heteroatoms. The number of nitrogens with zero attached hydrogens (tertiary/aromatic N) is 3. The molecule has 2 aromatic rings. The van der Waals surface area contributed by atoms with Crippen molar-refractivity contribution in [1.82, 2.24) is 14.8 Å². The van der Waals surface area contributed by atoms with Gasteiger partial charge in [-0.15, -0.1) is 0 Å². The first-order valence-electron chi connectivity index (χ1n) is 8.22. The average molecular weight is 308 g/mol. The summed E-state index contributed by atoms with van der Waals surface area (Å²) in [5.74, 6) is 0. The molecule has 1 aliphatic rings. The number of likely N-dealkylation sites (tertiary alicyclic amines) is 1. The second kappa shape index (κ2) is 6.99. The van der Waals surface area contributed by atoms with Gasteiger partial charge in [-0.2, -0.15) is 5.26 Å². The molecule has 0 spiro atoms. The second-order valence-electron chi connectivity index (χ2n) is 6.40. The Kier molecular flexibility index (Phi) is 4.80. The summed E-state index contributed by atoms with van der Waals surface area (Å²) in [5, 5.41) is 12.8. The maximum absolute atomic E-state index is 9.11. The summed E-state index contributed by atoms with van der Waals surface area (Å²) >= 11 is 0. The lowest BCUT2D eigenvalue weighted by atomic mass is 10.2. The molecular formula is C19H24N4. The van der Waals surface area contributed by atoms with E-state index >= 15 is 0 Å². The lowest BCUT2D eigenvalue weighted by molar-refractivity contribution is 0.320. The molecule has 2 heterocycles. The minimum absolute atomic E-state index is 0.531. The molecule has 23 heavy (non-hydrogen) atoms. The van der Waals surface area contributed by atoms with Gasteiger partial charge in [0.15, 0.2) is 0 Å². The molecule has 1 aliphatic heterocycles. The van der Waals surface area contributed by atoms with Crippen LogP contribution in [0.1, 0.15) is 28.9 Å². The summed E-state index contributed by atoms with van der Waals surface area (Å²) in [5.41, 5.74) is 4.51. The van der Waals surface area contributed by atoms with E-state index < -0.39 is 0 Å². The van der Waals surface area contributed by atoms with Crippen LogP contribution in [0, 0.1) is 18.3 Å². The van der Waals surface area contributed by atoms with Crippen molar-refractivity contribution in [2.24, 2.45) is 7.05 Å². The van der Waals surface area contributed by atoms with Gasteiger partial charge >= 0.3 is 0 Å². The Morgan fingerprint density at radius 2 is 2.09 bits per heavy atom. The van der Waals surface area contributed by atoms with Gasteiger partial charge in [-0.05, 0) is 30.5 Å². The van der Waals surface area contributed by atoms with Gasteiger partial charge in [-0.1, -0.05) is 30.3 Å². The quantitative estimate of drug-likeness (QED) is 0.923. The summed E-state index contributed by atoms with van der Waals surface area (Å²) in [7, 11) is 1.95. The van der Waals surface area contributed by atoms with E-state index in [1.54, 1.807) is 0 Å². The van der Waals surface area contributed by atoms with Crippen LogP contribution in [0.4, 0.5) is 0 Å². The van der Waals surface area contributed by atoms with Gasteiger partial charge in [0, 0.05) is 45.0 Å². The molecule has 1 N–H and O–H groups in total. The zero-order valence-electron chi connectivity index (χ0n) is 13.9. The molecule has 4 nitrogen and oxygen atoms in total. The molecule has 0 bridgehead atoms. The predicted molar refractivity (Wildman–Crippen MR) is 91.8 cm³/mol. The summed E-state index contributed by atoms with van der Waals surface area (Å²) in [6, 6.07) is 15.4. The fourth-order valence-electron chi connectivity index (χ4n) is 3.29. The zero-order chi connectivity index (χ0) is 16.2. The van der Waals surface area contributed by atoms with Crippen molar-refractivity contribution in [1.29, 1.82) is 5.26 Å². The van der Waals surface area contributed by atoms with E-state index in [4.69, 9.17) is 5.26 Å². The lowest BCUT2D eigenvalue weighted by Crippen LogP contribution is -2.32.